The van der Waals surface area contributed by atoms with Crippen molar-refractivity contribution in [3.05, 3.63) is 34.6 Å². The van der Waals surface area contributed by atoms with Crippen LogP contribution >= 0.6 is 24.0 Å². The van der Waals surface area contributed by atoms with Crippen molar-refractivity contribution in [3.63, 3.8) is 0 Å². The average molecular weight is 309 g/mol. The Morgan fingerprint density at radius 2 is 2.26 bits per heavy atom. The summed E-state index contributed by atoms with van der Waals surface area (Å²) in [4.78, 5) is 11.8. The quantitative estimate of drug-likeness (QED) is 0.786. The maximum Gasteiger partial charge on any atom is 0.254 e. The van der Waals surface area contributed by atoms with Gasteiger partial charge in [0.15, 0.2) is 0 Å². The molecule has 1 heterocycles. The molecule has 7 heteroatoms. The van der Waals surface area contributed by atoms with Crippen molar-refractivity contribution in [2.75, 3.05) is 19.6 Å². The Morgan fingerprint density at radius 3 is 2.89 bits per heavy atom. The molecule has 2 rings (SSSR count). The normalized spacial score (nSPS) is 21.8. The molecule has 0 aromatic heterocycles. The van der Waals surface area contributed by atoms with E-state index in [9.17, 15) is 14.3 Å². The molecule has 0 spiro atoms. The van der Waals surface area contributed by atoms with Crippen molar-refractivity contribution in [1.29, 1.82) is 0 Å². The summed E-state index contributed by atoms with van der Waals surface area (Å²) in [6.45, 7) is 1.46. The second-order valence-electron chi connectivity index (χ2n) is 4.32. The van der Waals surface area contributed by atoms with E-state index in [1.807, 2.05) is 0 Å². The Kier molecular flexibility index (Phi) is 6.00. The highest BCUT2D eigenvalue weighted by Gasteiger charge is 2.25. The molecule has 1 fully saturated rings. The van der Waals surface area contributed by atoms with Crippen LogP contribution in [0, 0.1) is 11.7 Å². The molecular weight excluding hydrogens is 294 g/mol. The van der Waals surface area contributed by atoms with Gasteiger partial charge in [-0.25, -0.2) is 4.39 Å². The fourth-order valence-electron chi connectivity index (χ4n) is 1.92. The largest absolute Gasteiger partial charge is 0.391 e. The van der Waals surface area contributed by atoms with Gasteiger partial charge in [-0.05, 0) is 18.2 Å². The van der Waals surface area contributed by atoms with E-state index in [4.69, 9.17) is 11.6 Å². The molecule has 2 atom stereocenters. The Hall–Kier alpha value is -0.880. The van der Waals surface area contributed by atoms with Gasteiger partial charge in [0.25, 0.3) is 5.91 Å². The number of rotatable bonds is 3. The van der Waals surface area contributed by atoms with E-state index in [2.05, 4.69) is 10.6 Å². The van der Waals surface area contributed by atoms with Crippen LogP contribution < -0.4 is 10.6 Å². The van der Waals surface area contributed by atoms with E-state index in [-0.39, 0.29) is 23.9 Å². The molecule has 1 amide bonds. The highest BCUT2D eigenvalue weighted by Crippen LogP contribution is 2.15. The SMILES string of the molecule is Cl.O=C(NCC1CNCC1O)c1cc(Cl)ccc1F. The summed E-state index contributed by atoms with van der Waals surface area (Å²) in [7, 11) is 0. The van der Waals surface area contributed by atoms with Crippen molar-refractivity contribution in [3.8, 4) is 0 Å². The smallest absolute Gasteiger partial charge is 0.254 e. The van der Waals surface area contributed by atoms with Gasteiger partial charge in [0.1, 0.15) is 5.82 Å². The molecule has 0 aliphatic carbocycles. The van der Waals surface area contributed by atoms with E-state index in [1.165, 1.54) is 12.1 Å². The first-order valence-corrected chi connectivity index (χ1v) is 6.08. The average Bonchev–Trinajstić information content (AvgIpc) is 2.75. The Balaban J connectivity index is 0.00000180. The third-order valence-corrected chi connectivity index (χ3v) is 3.24. The molecule has 19 heavy (non-hydrogen) atoms. The van der Waals surface area contributed by atoms with Crippen LogP contribution in [0.2, 0.25) is 5.02 Å². The number of carbonyl (C=O) groups is 1. The fourth-order valence-corrected chi connectivity index (χ4v) is 2.09. The number of aliphatic hydroxyl groups is 1. The van der Waals surface area contributed by atoms with Crippen LogP contribution in [0.1, 0.15) is 10.4 Å². The zero-order valence-corrected chi connectivity index (χ0v) is 11.6. The van der Waals surface area contributed by atoms with Gasteiger partial charge in [0, 0.05) is 30.6 Å². The summed E-state index contributed by atoms with van der Waals surface area (Å²) in [5.74, 6) is -1.17. The Bertz CT molecular complexity index is 459. The van der Waals surface area contributed by atoms with E-state index in [0.717, 1.165) is 6.07 Å². The molecule has 1 aliphatic heterocycles. The number of aliphatic hydroxyl groups excluding tert-OH is 1. The molecule has 0 bridgehead atoms. The van der Waals surface area contributed by atoms with Crippen molar-refractivity contribution in [1.82, 2.24) is 10.6 Å². The highest BCUT2D eigenvalue weighted by atomic mass is 35.5. The minimum Gasteiger partial charge on any atom is -0.391 e. The standard InChI is InChI=1S/C12H14ClFN2O2.ClH/c13-8-1-2-10(14)9(3-8)12(18)16-5-7-4-15-6-11(7)17;/h1-3,7,11,15,17H,4-6H2,(H,16,18);1H. The van der Waals surface area contributed by atoms with E-state index in [0.29, 0.717) is 24.7 Å². The van der Waals surface area contributed by atoms with Gasteiger partial charge in [-0.15, -0.1) is 12.4 Å². The van der Waals surface area contributed by atoms with Crippen molar-refractivity contribution >= 4 is 29.9 Å². The maximum atomic E-state index is 13.4. The van der Waals surface area contributed by atoms with Crippen molar-refractivity contribution in [2.45, 2.75) is 6.10 Å². The summed E-state index contributed by atoms with van der Waals surface area (Å²) in [5.41, 5.74) is -0.0806. The number of hydrogen-bond donors (Lipinski definition) is 3. The number of benzene rings is 1. The van der Waals surface area contributed by atoms with Gasteiger partial charge in [-0.1, -0.05) is 11.6 Å². The van der Waals surface area contributed by atoms with Gasteiger partial charge in [-0.3, -0.25) is 4.79 Å². The lowest BCUT2D eigenvalue weighted by Crippen LogP contribution is -2.34. The molecule has 106 valence electrons. The van der Waals surface area contributed by atoms with Gasteiger partial charge >= 0.3 is 0 Å². The topological polar surface area (TPSA) is 61.4 Å². The molecule has 4 nitrogen and oxygen atoms in total. The van der Waals surface area contributed by atoms with Crippen molar-refractivity contribution < 1.29 is 14.3 Å². The monoisotopic (exact) mass is 308 g/mol. The summed E-state index contributed by atoms with van der Waals surface area (Å²) >= 11 is 5.71. The lowest BCUT2D eigenvalue weighted by molar-refractivity contribution is 0.0923. The predicted octanol–water partition coefficient (Wildman–Crippen LogP) is 1.21. The number of nitrogens with one attached hydrogen (secondary N) is 2. The van der Waals surface area contributed by atoms with Crippen LogP contribution in [0.4, 0.5) is 4.39 Å². The molecule has 3 N–H and O–H groups in total. The number of halogens is 3. The zero-order chi connectivity index (χ0) is 13.1. The van der Waals surface area contributed by atoms with E-state index in [1.54, 1.807) is 0 Å². The minimum absolute atomic E-state index is 0. The first kappa shape index (κ1) is 16.2. The third kappa shape index (κ3) is 4.04. The molecule has 2 unspecified atom stereocenters. The molecule has 0 saturated carbocycles. The molecule has 1 saturated heterocycles. The second kappa shape index (κ2) is 7.05. The molecule has 1 aromatic rings. The van der Waals surface area contributed by atoms with Gasteiger partial charge < -0.3 is 15.7 Å². The minimum atomic E-state index is -0.609. The molecule has 0 radical (unpaired) electrons. The Morgan fingerprint density at radius 1 is 1.53 bits per heavy atom. The lowest BCUT2D eigenvalue weighted by Gasteiger charge is -2.14. The van der Waals surface area contributed by atoms with E-state index >= 15 is 0 Å². The molecular formula is C12H15Cl2FN2O2. The first-order valence-electron chi connectivity index (χ1n) is 5.70. The van der Waals surface area contributed by atoms with Gasteiger partial charge in [0.05, 0.1) is 11.7 Å². The van der Waals surface area contributed by atoms with Crippen LogP contribution in [0.25, 0.3) is 0 Å². The van der Waals surface area contributed by atoms with Gasteiger partial charge in [0.2, 0.25) is 0 Å². The zero-order valence-electron chi connectivity index (χ0n) is 10.0. The van der Waals surface area contributed by atoms with Crippen LogP contribution in [0.3, 0.4) is 0 Å². The third-order valence-electron chi connectivity index (χ3n) is 3.00. The van der Waals surface area contributed by atoms with Crippen LogP contribution in [-0.2, 0) is 0 Å². The lowest BCUT2D eigenvalue weighted by atomic mass is 10.1. The van der Waals surface area contributed by atoms with Crippen molar-refractivity contribution in [2.24, 2.45) is 5.92 Å². The molecule has 1 aliphatic rings. The predicted molar refractivity (Wildman–Crippen MR) is 73.4 cm³/mol. The van der Waals surface area contributed by atoms with Gasteiger partial charge in [-0.2, -0.15) is 0 Å². The summed E-state index contributed by atoms with van der Waals surface area (Å²) in [6.07, 6.45) is -0.477. The summed E-state index contributed by atoms with van der Waals surface area (Å²) in [6, 6.07) is 3.83. The highest BCUT2D eigenvalue weighted by molar-refractivity contribution is 6.30. The van der Waals surface area contributed by atoms with Crippen LogP contribution in [0.5, 0.6) is 0 Å². The Labute approximate surface area is 121 Å². The fraction of sp³-hybridized carbons (Fsp3) is 0.417. The van der Waals surface area contributed by atoms with E-state index < -0.39 is 17.8 Å². The number of hydrogen-bond acceptors (Lipinski definition) is 3. The number of β-amino-alcohol motifs (C(OH)–C–C–N with tert-alkyl or cyclic N) is 1. The number of carbonyl (C=O) groups excluding carboxylic acids is 1. The maximum absolute atomic E-state index is 13.4. The first-order chi connectivity index (χ1) is 8.58. The second-order valence-corrected chi connectivity index (χ2v) is 4.76. The van der Waals surface area contributed by atoms with Crippen LogP contribution in [0.15, 0.2) is 18.2 Å². The number of amides is 1. The molecule has 1 aromatic carbocycles. The van der Waals surface area contributed by atoms with Crippen LogP contribution in [-0.4, -0.2) is 36.8 Å². The summed E-state index contributed by atoms with van der Waals surface area (Å²) in [5, 5.41) is 15.5. The summed E-state index contributed by atoms with van der Waals surface area (Å²) < 4.78 is 13.4.